The number of rotatable bonds is 8. The molecule has 96 valence electrons. The van der Waals surface area contributed by atoms with Crippen molar-refractivity contribution < 1.29 is 4.74 Å². The van der Waals surface area contributed by atoms with E-state index in [1.54, 1.807) is 7.11 Å². The number of benzene rings is 1. The molecule has 0 fully saturated rings. The molecule has 0 saturated carbocycles. The van der Waals surface area contributed by atoms with Crippen molar-refractivity contribution in [2.24, 2.45) is 0 Å². The summed E-state index contributed by atoms with van der Waals surface area (Å²) in [6.07, 6.45) is 0. The van der Waals surface area contributed by atoms with Crippen molar-refractivity contribution in [3.63, 3.8) is 0 Å². The first-order valence-electron chi connectivity index (χ1n) is 6.23. The van der Waals surface area contributed by atoms with E-state index in [1.165, 1.54) is 5.56 Å². The number of hydrogen-bond acceptors (Lipinski definition) is 3. The zero-order valence-corrected chi connectivity index (χ0v) is 11.1. The summed E-state index contributed by atoms with van der Waals surface area (Å²) in [4.78, 5) is 2.44. The predicted octanol–water partition coefficient (Wildman–Crippen LogP) is 1.74. The fourth-order valence-electron chi connectivity index (χ4n) is 2.04. The van der Waals surface area contributed by atoms with Crippen molar-refractivity contribution >= 4 is 0 Å². The van der Waals surface area contributed by atoms with Gasteiger partial charge in [-0.1, -0.05) is 37.3 Å². The Morgan fingerprint density at radius 3 is 2.53 bits per heavy atom. The lowest BCUT2D eigenvalue weighted by Crippen LogP contribution is -2.44. The van der Waals surface area contributed by atoms with Crippen molar-refractivity contribution in [1.29, 1.82) is 0 Å². The van der Waals surface area contributed by atoms with Crippen LogP contribution in [0.5, 0.6) is 0 Å². The lowest BCUT2D eigenvalue weighted by Gasteiger charge is -2.30. The van der Waals surface area contributed by atoms with Crippen LogP contribution in [0.15, 0.2) is 30.3 Å². The highest BCUT2D eigenvalue weighted by Crippen LogP contribution is 2.08. The zero-order valence-electron chi connectivity index (χ0n) is 11.1. The second-order valence-corrected chi connectivity index (χ2v) is 4.22. The maximum atomic E-state index is 5.30. The van der Waals surface area contributed by atoms with Gasteiger partial charge in [-0.15, -0.1) is 0 Å². The molecule has 17 heavy (non-hydrogen) atoms. The van der Waals surface area contributed by atoms with Crippen molar-refractivity contribution in [2.75, 3.05) is 33.9 Å². The molecular weight excluding hydrogens is 212 g/mol. The Morgan fingerprint density at radius 2 is 2.00 bits per heavy atom. The van der Waals surface area contributed by atoms with Crippen LogP contribution in [0.1, 0.15) is 12.5 Å². The molecule has 0 aliphatic rings. The maximum Gasteiger partial charge on any atom is 0.0630 e. The van der Waals surface area contributed by atoms with E-state index < -0.39 is 0 Å². The molecule has 0 aromatic heterocycles. The van der Waals surface area contributed by atoms with Crippen molar-refractivity contribution in [3.8, 4) is 0 Å². The molecule has 0 radical (unpaired) electrons. The van der Waals surface area contributed by atoms with Gasteiger partial charge in [-0.05, 0) is 19.2 Å². The molecule has 0 heterocycles. The predicted molar refractivity (Wildman–Crippen MR) is 72.1 cm³/mol. The molecule has 1 N–H and O–H groups in total. The molecule has 0 amide bonds. The van der Waals surface area contributed by atoms with Crippen LogP contribution in [0.3, 0.4) is 0 Å². The molecule has 0 bridgehead atoms. The molecule has 1 aromatic carbocycles. The first-order valence-corrected chi connectivity index (χ1v) is 6.23. The molecule has 0 saturated heterocycles. The monoisotopic (exact) mass is 236 g/mol. The van der Waals surface area contributed by atoms with Crippen molar-refractivity contribution in [3.05, 3.63) is 35.9 Å². The SMILES string of the molecule is CCN(Cc1ccccc1)C(CNC)COC. The Morgan fingerprint density at radius 1 is 1.29 bits per heavy atom. The third-order valence-electron chi connectivity index (χ3n) is 2.95. The van der Waals surface area contributed by atoms with Crippen LogP contribution < -0.4 is 5.32 Å². The van der Waals surface area contributed by atoms with E-state index in [9.17, 15) is 0 Å². The smallest absolute Gasteiger partial charge is 0.0630 e. The minimum absolute atomic E-state index is 0.426. The fraction of sp³-hybridized carbons (Fsp3) is 0.571. The van der Waals surface area contributed by atoms with E-state index in [0.717, 1.165) is 26.2 Å². The molecule has 1 rings (SSSR count). The van der Waals surface area contributed by atoms with Gasteiger partial charge in [0.25, 0.3) is 0 Å². The van der Waals surface area contributed by atoms with Crippen LogP contribution in [-0.4, -0.2) is 44.8 Å². The van der Waals surface area contributed by atoms with E-state index >= 15 is 0 Å². The minimum Gasteiger partial charge on any atom is -0.383 e. The summed E-state index contributed by atoms with van der Waals surface area (Å²) in [7, 11) is 3.75. The summed E-state index contributed by atoms with van der Waals surface area (Å²) >= 11 is 0. The van der Waals surface area contributed by atoms with Gasteiger partial charge in [0.15, 0.2) is 0 Å². The number of hydrogen-bond donors (Lipinski definition) is 1. The Hall–Kier alpha value is -0.900. The van der Waals surface area contributed by atoms with Gasteiger partial charge in [-0.3, -0.25) is 4.90 Å². The molecule has 0 spiro atoms. The van der Waals surface area contributed by atoms with E-state index in [1.807, 2.05) is 7.05 Å². The van der Waals surface area contributed by atoms with E-state index in [0.29, 0.717) is 6.04 Å². The van der Waals surface area contributed by atoms with Crippen molar-refractivity contribution in [1.82, 2.24) is 10.2 Å². The van der Waals surface area contributed by atoms with E-state index in [-0.39, 0.29) is 0 Å². The van der Waals surface area contributed by atoms with Crippen LogP contribution in [0.25, 0.3) is 0 Å². The molecule has 1 atom stereocenters. The Balaban J connectivity index is 2.61. The number of ether oxygens (including phenoxy) is 1. The molecule has 3 nitrogen and oxygen atoms in total. The lowest BCUT2D eigenvalue weighted by atomic mass is 10.1. The topological polar surface area (TPSA) is 24.5 Å². The summed E-state index contributed by atoms with van der Waals surface area (Å²) in [5, 5.41) is 3.23. The average molecular weight is 236 g/mol. The largest absolute Gasteiger partial charge is 0.383 e. The van der Waals surface area contributed by atoms with Gasteiger partial charge in [-0.25, -0.2) is 0 Å². The molecule has 1 aromatic rings. The maximum absolute atomic E-state index is 5.30. The first kappa shape index (κ1) is 14.2. The highest BCUT2D eigenvalue weighted by Gasteiger charge is 2.16. The lowest BCUT2D eigenvalue weighted by molar-refractivity contribution is 0.0889. The van der Waals surface area contributed by atoms with Crippen molar-refractivity contribution in [2.45, 2.75) is 19.5 Å². The molecule has 0 aliphatic heterocycles. The summed E-state index contributed by atoms with van der Waals surface area (Å²) in [5.74, 6) is 0. The Kier molecular flexibility index (Phi) is 6.86. The van der Waals surface area contributed by atoms with Crippen LogP contribution in [0.4, 0.5) is 0 Å². The summed E-state index contributed by atoms with van der Waals surface area (Å²) in [6, 6.07) is 11.0. The first-order chi connectivity index (χ1) is 8.31. The third-order valence-corrected chi connectivity index (χ3v) is 2.95. The van der Waals surface area contributed by atoms with Gasteiger partial charge < -0.3 is 10.1 Å². The second kappa shape index (κ2) is 8.23. The van der Waals surface area contributed by atoms with Crippen LogP contribution in [0, 0.1) is 0 Å². The van der Waals surface area contributed by atoms with E-state index in [2.05, 4.69) is 47.5 Å². The molecular formula is C14H24N2O. The molecule has 0 aliphatic carbocycles. The summed E-state index contributed by atoms with van der Waals surface area (Å²) in [5.41, 5.74) is 1.35. The second-order valence-electron chi connectivity index (χ2n) is 4.22. The highest BCUT2D eigenvalue weighted by molar-refractivity contribution is 5.14. The number of nitrogens with one attached hydrogen (secondary N) is 1. The van der Waals surface area contributed by atoms with Gasteiger partial charge in [0.2, 0.25) is 0 Å². The highest BCUT2D eigenvalue weighted by atomic mass is 16.5. The number of likely N-dealkylation sites (N-methyl/N-ethyl adjacent to an activating group) is 2. The van der Waals surface area contributed by atoms with Gasteiger partial charge in [-0.2, -0.15) is 0 Å². The summed E-state index contributed by atoms with van der Waals surface area (Å²) < 4.78 is 5.30. The Bertz CT molecular complexity index is 284. The van der Waals surface area contributed by atoms with Gasteiger partial charge in [0.1, 0.15) is 0 Å². The molecule has 1 unspecified atom stereocenters. The number of nitrogens with zero attached hydrogens (tertiary/aromatic N) is 1. The normalized spacial score (nSPS) is 12.9. The van der Waals surface area contributed by atoms with Crippen LogP contribution >= 0.6 is 0 Å². The van der Waals surface area contributed by atoms with E-state index in [4.69, 9.17) is 4.74 Å². The third kappa shape index (κ3) is 4.86. The van der Waals surface area contributed by atoms with Crippen LogP contribution in [-0.2, 0) is 11.3 Å². The standard InChI is InChI=1S/C14H24N2O/c1-4-16(14(10-15-2)12-17-3)11-13-8-6-5-7-9-13/h5-9,14-15H,4,10-12H2,1-3H3. The Labute approximate surface area is 105 Å². The molecule has 3 heteroatoms. The summed E-state index contributed by atoms with van der Waals surface area (Å²) in [6.45, 7) is 5.93. The number of methoxy groups -OCH3 is 1. The van der Waals surface area contributed by atoms with Gasteiger partial charge in [0.05, 0.1) is 6.61 Å². The van der Waals surface area contributed by atoms with Crippen LogP contribution in [0.2, 0.25) is 0 Å². The van der Waals surface area contributed by atoms with Gasteiger partial charge in [0, 0.05) is 26.2 Å². The zero-order chi connectivity index (χ0) is 12.5. The van der Waals surface area contributed by atoms with Gasteiger partial charge >= 0.3 is 0 Å². The fourth-order valence-corrected chi connectivity index (χ4v) is 2.04. The minimum atomic E-state index is 0.426. The quantitative estimate of drug-likeness (QED) is 0.744. The average Bonchev–Trinajstić information content (AvgIpc) is 2.37.